The van der Waals surface area contributed by atoms with Gasteiger partial charge in [0.25, 0.3) is 0 Å². The molecule has 0 saturated heterocycles. The molecule has 0 bridgehead atoms. The zero-order chi connectivity index (χ0) is 17.6. The van der Waals surface area contributed by atoms with Gasteiger partial charge >= 0.3 is 5.97 Å². The predicted molar refractivity (Wildman–Crippen MR) is 99.9 cm³/mol. The quantitative estimate of drug-likeness (QED) is 0.697. The number of nitrogens with zero attached hydrogens (tertiary/aromatic N) is 1. The lowest BCUT2D eigenvalue weighted by Crippen LogP contribution is -2.00. The highest BCUT2D eigenvalue weighted by Crippen LogP contribution is 2.20. The van der Waals surface area contributed by atoms with Crippen LogP contribution in [0.5, 0.6) is 5.75 Å². The van der Waals surface area contributed by atoms with Gasteiger partial charge in [0.15, 0.2) is 0 Å². The van der Waals surface area contributed by atoms with Gasteiger partial charge < -0.3 is 9.84 Å². The summed E-state index contributed by atoms with van der Waals surface area (Å²) in [5.41, 5.74) is 2.54. The van der Waals surface area contributed by atoms with Gasteiger partial charge in [-0.25, -0.2) is 9.78 Å². The van der Waals surface area contributed by atoms with Crippen molar-refractivity contribution in [3.05, 3.63) is 71.4 Å². The molecule has 0 aliphatic rings. The van der Waals surface area contributed by atoms with E-state index < -0.39 is 5.97 Å². The van der Waals surface area contributed by atoms with E-state index in [0.29, 0.717) is 23.2 Å². The fourth-order valence-electron chi connectivity index (χ4n) is 2.53. The number of rotatable bonds is 6. The number of pyridine rings is 1. The molecular formula is C21H19NO3. The molecule has 1 N–H and O–H groups in total. The second kappa shape index (κ2) is 7.62. The Labute approximate surface area is 146 Å². The number of hydrogen-bond acceptors (Lipinski definition) is 3. The molecule has 1 aromatic heterocycles. The molecule has 1 heterocycles. The van der Waals surface area contributed by atoms with Gasteiger partial charge in [-0.3, -0.25) is 0 Å². The molecule has 126 valence electrons. The molecule has 4 heteroatoms. The van der Waals surface area contributed by atoms with Crippen LogP contribution in [0.3, 0.4) is 0 Å². The first-order chi connectivity index (χ1) is 12.2. The second-order valence-electron chi connectivity index (χ2n) is 5.67. The van der Waals surface area contributed by atoms with Crippen LogP contribution in [0.4, 0.5) is 0 Å². The topological polar surface area (TPSA) is 59.4 Å². The van der Waals surface area contributed by atoms with Crippen molar-refractivity contribution >= 4 is 29.0 Å². The van der Waals surface area contributed by atoms with E-state index >= 15 is 0 Å². The van der Waals surface area contributed by atoms with Gasteiger partial charge in [0, 0.05) is 5.39 Å². The number of benzene rings is 2. The van der Waals surface area contributed by atoms with Gasteiger partial charge in [0.05, 0.1) is 23.4 Å². The number of aromatic carboxylic acids is 1. The predicted octanol–water partition coefficient (Wildman–Crippen LogP) is 4.89. The Kier molecular flexibility index (Phi) is 5.09. The molecule has 0 fully saturated rings. The van der Waals surface area contributed by atoms with E-state index in [9.17, 15) is 9.90 Å². The minimum atomic E-state index is -0.953. The van der Waals surface area contributed by atoms with Crippen molar-refractivity contribution in [1.29, 1.82) is 0 Å². The normalized spacial score (nSPS) is 11.1. The summed E-state index contributed by atoms with van der Waals surface area (Å²) >= 11 is 0. The molecule has 4 nitrogen and oxygen atoms in total. The Balaban J connectivity index is 1.87. The maximum atomic E-state index is 11.5. The SMILES string of the molecule is CCCOc1ccc(C=Cc2cc(C(=O)O)c3ccccc3n2)cc1. The minimum absolute atomic E-state index is 0.258. The van der Waals surface area contributed by atoms with Crippen molar-refractivity contribution < 1.29 is 14.6 Å². The standard InChI is InChI=1S/C21H19NO3/c1-2-13-25-17-11-8-15(9-12-17)7-10-16-14-19(21(23)24)18-5-3-4-6-20(18)22-16/h3-12,14H,2,13H2,1H3,(H,23,24). The van der Waals surface area contributed by atoms with Crippen molar-refractivity contribution in [2.75, 3.05) is 6.61 Å². The number of carboxylic acids is 1. The summed E-state index contributed by atoms with van der Waals surface area (Å²) in [4.78, 5) is 16.0. The number of para-hydroxylation sites is 1. The highest BCUT2D eigenvalue weighted by molar-refractivity contribution is 6.03. The fraction of sp³-hybridized carbons (Fsp3) is 0.143. The van der Waals surface area contributed by atoms with Gasteiger partial charge in [-0.1, -0.05) is 43.3 Å². The number of fused-ring (bicyclic) bond motifs is 1. The van der Waals surface area contributed by atoms with Crippen LogP contribution in [0.2, 0.25) is 0 Å². The minimum Gasteiger partial charge on any atom is -0.494 e. The molecule has 0 amide bonds. The van der Waals surface area contributed by atoms with Gasteiger partial charge in [0.1, 0.15) is 5.75 Å². The summed E-state index contributed by atoms with van der Waals surface area (Å²) in [5.74, 6) is -0.110. The van der Waals surface area contributed by atoms with Crippen molar-refractivity contribution in [2.45, 2.75) is 13.3 Å². The maximum absolute atomic E-state index is 11.5. The maximum Gasteiger partial charge on any atom is 0.336 e. The van der Waals surface area contributed by atoms with Crippen LogP contribution in [0.15, 0.2) is 54.6 Å². The van der Waals surface area contributed by atoms with E-state index in [1.807, 2.05) is 54.6 Å². The van der Waals surface area contributed by atoms with Crippen molar-refractivity contribution in [3.63, 3.8) is 0 Å². The molecule has 0 aliphatic carbocycles. The van der Waals surface area contributed by atoms with Crippen molar-refractivity contribution in [3.8, 4) is 5.75 Å². The molecule has 0 radical (unpaired) electrons. The fourth-order valence-corrected chi connectivity index (χ4v) is 2.53. The Morgan fingerprint density at radius 2 is 1.88 bits per heavy atom. The number of carbonyl (C=O) groups is 1. The molecule has 3 rings (SSSR count). The zero-order valence-corrected chi connectivity index (χ0v) is 14.0. The van der Waals surface area contributed by atoms with E-state index in [1.165, 1.54) is 0 Å². The van der Waals surface area contributed by atoms with Crippen LogP contribution < -0.4 is 4.74 Å². The molecule has 0 atom stereocenters. The monoisotopic (exact) mass is 333 g/mol. The molecule has 0 spiro atoms. The number of ether oxygens (including phenoxy) is 1. The second-order valence-corrected chi connectivity index (χ2v) is 5.67. The van der Waals surface area contributed by atoms with Gasteiger partial charge in [-0.05, 0) is 42.3 Å². The van der Waals surface area contributed by atoms with Crippen molar-refractivity contribution in [2.24, 2.45) is 0 Å². The lowest BCUT2D eigenvalue weighted by Gasteiger charge is -2.05. The summed E-state index contributed by atoms with van der Waals surface area (Å²) in [7, 11) is 0. The summed E-state index contributed by atoms with van der Waals surface area (Å²) in [6, 6.07) is 16.6. The van der Waals surface area contributed by atoms with Crippen molar-refractivity contribution in [1.82, 2.24) is 4.98 Å². The smallest absolute Gasteiger partial charge is 0.336 e. The lowest BCUT2D eigenvalue weighted by atomic mass is 10.1. The molecule has 25 heavy (non-hydrogen) atoms. The van der Waals surface area contributed by atoms with Crippen LogP contribution in [0.1, 0.15) is 35.0 Å². The van der Waals surface area contributed by atoms with Crippen LogP contribution in [0.25, 0.3) is 23.1 Å². The van der Waals surface area contributed by atoms with Crippen LogP contribution >= 0.6 is 0 Å². The Hall–Kier alpha value is -3.14. The largest absolute Gasteiger partial charge is 0.494 e. The molecule has 3 aromatic rings. The molecular weight excluding hydrogens is 314 g/mol. The van der Waals surface area contributed by atoms with E-state index in [1.54, 1.807) is 12.1 Å². The lowest BCUT2D eigenvalue weighted by molar-refractivity contribution is 0.0699. The first kappa shape index (κ1) is 16.7. The first-order valence-electron chi connectivity index (χ1n) is 8.21. The number of hydrogen-bond donors (Lipinski definition) is 1. The third kappa shape index (κ3) is 4.04. The van der Waals surface area contributed by atoms with E-state index in [0.717, 1.165) is 17.7 Å². The van der Waals surface area contributed by atoms with Gasteiger partial charge in [-0.15, -0.1) is 0 Å². The first-order valence-corrected chi connectivity index (χ1v) is 8.21. The molecule has 0 saturated carbocycles. The Morgan fingerprint density at radius 3 is 2.60 bits per heavy atom. The number of carboxylic acid groups (broad SMARTS) is 1. The van der Waals surface area contributed by atoms with Gasteiger partial charge in [-0.2, -0.15) is 0 Å². The number of aromatic nitrogens is 1. The summed E-state index contributed by atoms with van der Waals surface area (Å²) < 4.78 is 5.56. The average Bonchev–Trinajstić information content (AvgIpc) is 2.64. The van der Waals surface area contributed by atoms with Gasteiger partial charge in [0.2, 0.25) is 0 Å². The third-order valence-corrected chi connectivity index (χ3v) is 3.77. The molecule has 0 aliphatic heterocycles. The zero-order valence-electron chi connectivity index (χ0n) is 14.0. The van der Waals surface area contributed by atoms with E-state index in [2.05, 4.69) is 11.9 Å². The highest BCUT2D eigenvalue weighted by atomic mass is 16.5. The Bertz CT molecular complexity index is 914. The van der Waals surface area contributed by atoms with Crippen LogP contribution in [0, 0.1) is 0 Å². The Morgan fingerprint density at radius 1 is 1.12 bits per heavy atom. The summed E-state index contributed by atoms with van der Waals surface area (Å²) in [6.45, 7) is 2.77. The summed E-state index contributed by atoms with van der Waals surface area (Å²) in [5, 5.41) is 10.1. The van der Waals surface area contributed by atoms with Crippen LogP contribution in [-0.2, 0) is 0 Å². The third-order valence-electron chi connectivity index (χ3n) is 3.77. The summed E-state index contributed by atoms with van der Waals surface area (Å²) in [6.07, 6.45) is 4.70. The molecule has 2 aromatic carbocycles. The molecule has 0 unspecified atom stereocenters. The highest BCUT2D eigenvalue weighted by Gasteiger charge is 2.10. The van der Waals surface area contributed by atoms with Crippen LogP contribution in [-0.4, -0.2) is 22.7 Å². The van der Waals surface area contributed by atoms with E-state index in [-0.39, 0.29) is 5.56 Å². The average molecular weight is 333 g/mol. The van der Waals surface area contributed by atoms with E-state index in [4.69, 9.17) is 4.74 Å².